The van der Waals surface area contributed by atoms with Gasteiger partial charge in [0.1, 0.15) is 5.75 Å². The van der Waals surface area contributed by atoms with Crippen LogP contribution in [0, 0.1) is 6.92 Å². The maximum atomic E-state index is 5.27. The molecule has 1 aromatic carbocycles. The summed E-state index contributed by atoms with van der Waals surface area (Å²) in [5, 5.41) is 3.43. The van der Waals surface area contributed by atoms with Crippen molar-refractivity contribution in [3.63, 3.8) is 0 Å². The molecule has 0 spiro atoms. The molecule has 0 aliphatic rings. The van der Waals surface area contributed by atoms with Crippen molar-refractivity contribution in [1.82, 2.24) is 15.3 Å². The van der Waals surface area contributed by atoms with Crippen LogP contribution in [-0.2, 0) is 6.54 Å². The molecule has 1 N–H and O–H groups in total. The molecule has 1 aromatic heterocycles. The van der Waals surface area contributed by atoms with Gasteiger partial charge in [-0.1, -0.05) is 0 Å². The molecule has 21 heavy (non-hydrogen) atoms. The Kier molecular flexibility index (Phi) is 4.58. The number of aromatic nitrogens is 2. The van der Waals surface area contributed by atoms with Crippen LogP contribution in [0.3, 0.4) is 0 Å². The lowest BCUT2D eigenvalue weighted by Crippen LogP contribution is -2.35. The van der Waals surface area contributed by atoms with Gasteiger partial charge in [-0.15, -0.1) is 0 Å². The number of methoxy groups -OCH3 is 1. The highest BCUT2D eigenvalue weighted by atomic mass is 16.5. The lowest BCUT2D eigenvalue weighted by atomic mass is 10.1. The summed E-state index contributed by atoms with van der Waals surface area (Å²) in [6.07, 6.45) is 3.75. The van der Waals surface area contributed by atoms with E-state index < -0.39 is 0 Å². The molecule has 0 aliphatic carbocycles. The van der Waals surface area contributed by atoms with Crippen molar-refractivity contribution >= 4 is 0 Å². The number of hydrogen-bond donors (Lipinski definition) is 1. The lowest BCUT2D eigenvalue weighted by Gasteiger charge is -2.20. The molecule has 112 valence electrons. The van der Waals surface area contributed by atoms with Crippen LogP contribution < -0.4 is 10.1 Å². The fourth-order valence-corrected chi connectivity index (χ4v) is 1.98. The third-order valence-corrected chi connectivity index (χ3v) is 3.18. The molecule has 1 heterocycles. The number of nitrogens with zero attached hydrogens (tertiary/aromatic N) is 2. The quantitative estimate of drug-likeness (QED) is 0.936. The van der Waals surface area contributed by atoms with Crippen molar-refractivity contribution in [3.05, 3.63) is 41.7 Å². The molecule has 0 saturated heterocycles. The summed E-state index contributed by atoms with van der Waals surface area (Å²) in [4.78, 5) is 8.91. The third-order valence-electron chi connectivity index (χ3n) is 3.18. The standard InChI is InChI=1S/C17H23N3O/c1-12-8-14(6-7-15(12)21-5)16-18-9-13(10-19-16)11-20-17(2,3)4/h6-10,20H,11H2,1-5H3. The normalized spacial score (nSPS) is 11.5. The molecule has 0 radical (unpaired) electrons. The first kappa shape index (κ1) is 15.4. The van der Waals surface area contributed by atoms with Crippen LogP contribution in [0.1, 0.15) is 31.9 Å². The van der Waals surface area contributed by atoms with E-state index in [9.17, 15) is 0 Å². The zero-order chi connectivity index (χ0) is 15.5. The molecule has 0 fully saturated rings. The minimum absolute atomic E-state index is 0.0891. The average Bonchev–Trinajstić information content (AvgIpc) is 2.45. The van der Waals surface area contributed by atoms with Crippen LogP contribution >= 0.6 is 0 Å². The Morgan fingerprint density at radius 3 is 2.33 bits per heavy atom. The van der Waals surface area contributed by atoms with E-state index in [-0.39, 0.29) is 5.54 Å². The van der Waals surface area contributed by atoms with Gasteiger partial charge in [0.05, 0.1) is 7.11 Å². The molecule has 0 atom stereocenters. The maximum Gasteiger partial charge on any atom is 0.159 e. The Bertz CT molecular complexity index is 600. The summed E-state index contributed by atoms with van der Waals surface area (Å²) in [7, 11) is 1.68. The highest BCUT2D eigenvalue weighted by Gasteiger charge is 2.09. The Labute approximate surface area is 126 Å². The Morgan fingerprint density at radius 1 is 1.14 bits per heavy atom. The van der Waals surface area contributed by atoms with E-state index in [2.05, 4.69) is 36.1 Å². The minimum Gasteiger partial charge on any atom is -0.496 e. The van der Waals surface area contributed by atoms with E-state index in [0.717, 1.165) is 34.8 Å². The van der Waals surface area contributed by atoms with Gasteiger partial charge in [-0.3, -0.25) is 0 Å². The number of hydrogen-bond acceptors (Lipinski definition) is 4. The highest BCUT2D eigenvalue weighted by Crippen LogP contribution is 2.23. The van der Waals surface area contributed by atoms with Crippen molar-refractivity contribution in [3.8, 4) is 17.1 Å². The summed E-state index contributed by atoms with van der Waals surface area (Å²) in [5.74, 6) is 1.62. The monoisotopic (exact) mass is 285 g/mol. The fraction of sp³-hybridized carbons (Fsp3) is 0.412. The van der Waals surface area contributed by atoms with Crippen LogP contribution in [0.15, 0.2) is 30.6 Å². The van der Waals surface area contributed by atoms with E-state index in [0.29, 0.717) is 0 Å². The van der Waals surface area contributed by atoms with Crippen LogP contribution in [0.25, 0.3) is 11.4 Å². The predicted molar refractivity (Wildman–Crippen MR) is 85.3 cm³/mol. The van der Waals surface area contributed by atoms with Gasteiger partial charge in [0.2, 0.25) is 0 Å². The molecule has 2 aromatic rings. The van der Waals surface area contributed by atoms with E-state index in [4.69, 9.17) is 4.74 Å². The van der Waals surface area contributed by atoms with Gasteiger partial charge in [-0.05, 0) is 51.5 Å². The number of aryl methyl sites for hydroxylation is 1. The van der Waals surface area contributed by atoms with E-state index >= 15 is 0 Å². The molecule has 0 aliphatic heterocycles. The number of rotatable bonds is 4. The summed E-state index contributed by atoms with van der Waals surface area (Å²) < 4.78 is 5.27. The van der Waals surface area contributed by atoms with Crippen molar-refractivity contribution in [2.24, 2.45) is 0 Å². The molecule has 0 saturated carbocycles. The Balaban J connectivity index is 2.13. The lowest BCUT2D eigenvalue weighted by molar-refractivity contribution is 0.412. The SMILES string of the molecule is COc1ccc(-c2ncc(CNC(C)(C)C)cn2)cc1C. The fourth-order valence-electron chi connectivity index (χ4n) is 1.98. The van der Waals surface area contributed by atoms with E-state index in [1.165, 1.54) is 0 Å². The number of nitrogens with one attached hydrogen (secondary N) is 1. The average molecular weight is 285 g/mol. The Hall–Kier alpha value is -1.94. The minimum atomic E-state index is 0.0891. The Morgan fingerprint density at radius 2 is 1.81 bits per heavy atom. The second kappa shape index (κ2) is 6.22. The van der Waals surface area contributed by atoms with Gasteiger partial charge < -0.3 is 10.1 Å². The first-order valence-electron chi connectivity index (χ1n) is 7.10. The second-order valence-corrected chi connectivity index (χ2v) is 6.20. The van der Waals surface area contributed by atoms with Crippen LogP contribution in [0.4, 0.5) is 0 Å². The molecular formula is C17H23N3O. The van der Waals surface area contributed by atoms with Crippen molar-refractivity contribution in [2.45, 2.75) is 39.8 Å². The first-order valence-corrected chi connectivity index (χ1v) is 7.10. The van der Waals surface area contributed by atoms with Gasteiger partial charge in [0, 0.05) is 35.6 Å². The van der Waals surface area contributed by atoms with Crippen molar-refractivity contribution in [1.29, 1.82) is 0 Å². The smallest absolute Gasteiger partial charge is 0.159 e. The summed E-state index contributed by atoms with van der Waals surface area (Å²) in [6.45, 7) is 9.21. The molecule has 0 bridgehead atoms. The third kappa shape index (κ3) is 4.26. The van der Waals surface area contributed by atoms with Gasteiger partial charge in [0.15, 0.2) is 5.82 Å². The van der Waals surface area contributed by atoms with Gasteiger partial charge in [0.25, 0.3) is 0 Å². The summed E-state index contributed by atoms with van der Waals surface area (Å²) >= 11 is 0. The molecule has 0 unspecified atom stereocenters. The van der Waals surface area contributed by atoms with Gasteiger partial charge in [-0.25, -0.2) is 9.97 Å². The van der Waals surface area contributed by atoms with Crippen molar-refractivity contribution < 1.29 is 4.74 Å². The van der Waals surface area contributed by atoms with Gasteiger partial charge >= 0.3 is 0 Å². The highest BCUT2D eigenvalue weighted by molar-refractivity contribution is 5.58. The van der Waals surface area contributed by atoms with E-state index in [1.807, 2.05) is 37.5 Å². The van der Waals surface area contributed by atoms with Crippen LogP contribution in [-0.4, -0.2) is 22.6 Å². The molecule has 0 amide bonds. The molecule has 4 heteroatoms. The zero-order valence-corrected chi connectivity index (χ0v) is 13.4. The molecule has 2 rings (SSSR count). The summed E-state index contributed by atoms with van der Waals surface area (Å²) in [5.41, 5.74) is 3.26. The molecule has 4 nitrogen and oxygen atoms in total. The maximum absolute atomic E-state index is 5.27. The van der Waals surface area contributed by atoms with Crippen LogP contribution in [0.2, 0.25) is 0 Å². The second-order valence-electron chi connectivity index (χ2n) is 6.20. The van der Waals surface area contributed by atoms with E-state index in [1.54, 1.807) is 7.11 Å². The van der Waals surface area contributed by atoms with Crippen molar-refractivity contribution in [2.75, 3.05) is 7.11 Å². The predicted octanol–water partition coefficient (Wildman–Crippen LogP) is 3.35. The van der Waals surface area contributed by atoms with Gasteiger partial charge in [-0.2, -0.15) is 0 Å². The molecular weight excluding hydrogens is 262 g/mol. The first-order chi connectivity index (χ1) is 9.89. The largest absolute Gasteiger partial charge is 0.496 e. The van der Waals surface area contributed by atoms with Crippen LogP contribution in [0.5, 0.6) is 5.75 Å². The zero-order valence-electron chi connectivity index (χ0n) is 13.4. The number of benzene rings is 1. The number of ether oxygens (including phenoxy) is 1. The summed E-state index contributed by atoms with van der Waals surface area (Å²) in [6, 6.07) is 5.97. The topological polar surface area (TPSA) is 47.0 Å².